The highest BCUT2D eigenvalue weighted by atomic mass is 35.5. The third kappa shape index (κ3) is 3.80. The topological polar surface area (TPSA) is 50.2 Å². The van der Waals surface area contributed by atoms with Gasteiger partial charge in [0.1, 0.15) is 5.82 Å². The standard InChI is InChI=1S/C25H18ClFN4/c1-15-6-9-18(10-7-15)30-25-29-14-16-13-28-24(20-4-2-3-5-22(20)27)21-12-17(26)8-11-19(21)23(16)31-25/h2-12,14H,13H2,1H3,(H,29,30,31). The van der Waals surface area contributed by atoms with Crippen molar-refractivity contribution in [2.24, 2.45) is 4.99 Å². The first-order valence-corrected chi connectivity index (χ1v) is 10.3. The van der Waals surface area contributed by atoms with Crippen LogP contribution >= 0.6 is 11.6 Å². The van der Waals surface area contributed by atoms with Gasteiger partial charge in [0.05, 0.1) is 18.0 Å². The van der Waals surface area contributed by atoms with Gasteiger partial charge in [-0.05, 0) is 43.3 Å². The molecule has 2 heterocycles. The molecule has 3 aromatic carbocycles. The number of benzene rings is 3. The third-order valence-electron chi connectivity index (χ3n) is 5.20. The first kappa shape index (κ1) is 19.4. The molecule has 5 rings (SSSR count). The Bertz CT molecular complexity index is 1320. The molecular weight excluding hydrogens is 411 g/mol. The van der Waals surface area contributed by atoms with Crippen LogP contribution in [-0.2, 0) is 6.54 Å². The highest BCUT2D eigenvalue weighted by molar-refractivity contribution is 6.31. The number of anilines is 2. The average molecular weight is 429 g/mol. The van der Waals surface area contributed by atoms with E-state index in [1.165, 1.54) is 11.6 Å². The maximum absolute atomic E-state index is 14.6. The Morgan fingerprint density at radius 3 is 2.55 bits per heavy atom. The number of nitrogens with one attached hydrogen (secondary N) is 1. The van der Waals surface area contributed by atoms with Crippen LogP contribution in [0.4, 0.5) is 16.0 Å². The van der Waals surface area contributed by atoms with E-state index in [1.54, 1.807) is 24.4 Å². The molecule has 0 bridgehead atoms. The van der Waals surface area contributed by atoms with Crippen molar-refractivity contribution >= 4 is 28.9 Å². The van der Waals surface area contributed by atoms with Gasteiger partial charge in [0.25, 0.3) is 0 Å². The summed E-state index contributed by atoms with van der Waals surface area (Å²) in [6.45, 7) is 2.38. The molecule has 0 unspecified atom stereocenters. The van der Waals surface area contributed by atoms with Crippen LogP contribution in [0.25, 0.3) is 11.3 Å². The Morgan fingerprint density at radius 2 is 1.74 bits per heavy atom. The van der Waals surface area contributed by atoms with Crippen LogP contribution in [0.2, 0.25) is 5.02 Å². The second-order valence-corrected chi connectivity index (χ2v) is 7.83. The van der Waals surface area contributed by atoms with E-state index >= 15 is 0 Å². The van der Waals surface area contributed by atoms with Crippen molar-refractivity contribution < 1.29 is 4.39 Å². The first-order valence-electron chi connectivity index (χ1n) is 9.88. The molecule has 0 fully saturated rings. The van der Waals surface area contributed by atoms with Crippen LogP contribution in [0, 0.1) is 12.7 Å². The van der Waals surface area contributed by atoms with Gasteiger partial charge >= 0.3 is 0 Å². The van der Waals surface area contributed by atoms with Crippen molar-refractivity contribution in [3.63, 3.8) is 0 Å². The zero-order chi connectivity index (χ0) is 21.4. The number of aromatic nitrogens is 2. The minimum absolute atomic E-state index is 0.328. The maximum atomic E-state index is 14.6. The summed E-state index contributed by atoms with van der Waals surface area (Å²) in [4.78, 5) is 14.0. The van der Waals surface area contributed by atoms with E-state index in [4.69, 9.17) is 21.6 Å². The largest absolute Gasteiger partial charge is 0.324 e. The molecule has 4 nitrogen and oxygen atoms in total. The average Bonchev–Trinajstić information content (AvgIpc) is 2.92. The van der Waals surface area contributed by atoms with Crippen molar-refractivity contribution in [3.05, 3.63) is 106 Å². The smallest absolute Gasteiger partial charge is 0.227 e. The summed E-state index contributed by atoms with van der Waals surface area (Å²) in [6.07, 6.45) is 1.77. The van der Waals surface area contributed by atoms with Gasteiger partial charge in [-0.1, -0.05) is 47.5 Å². The molecule has 31 heavy (non-hydrogen) atoms. The summed E-state index contributed by atoms with van der Waals surface area (Å²) in [7, 11) is 0. The number of hydrogen-bond acceptors (Lipinski definition) is 4. The fourth-order valence-corrected chi connectivity index (χ4v) is 3.81. The molecule has 0 saturated carbocycles. The zero-order valence-electron chi connectivity index (χ0n) is 16.7. The van der Waals surface area contributed by atoms with E-state index in [9.17, 15) is 4.39 Å². The van der Waals surface area contributed by atoms with Crippen molar-refractivity contribution in [1.82, 2.24) is 9.97 Å². The SMILES string of the molecule is Cc1ccc(Nc2ncc3c(n2)-c2ccc(Cl)cc2C(c2ccccc2F)=NC3)cc1. The van der Waals surface area contributed by atoms with E-state index < -0.39 is 0 Å². The minimum atomic E-state index is -0.328. The number of hydrogen-bond donors (Lipinski definition) is 1. The van der Waals surface area contributed by atoms with Crippen molar-refractivity contribution in [2.45, 2.75) is 13.5 Å². The first-order chi connectivity index (χ1) is 15.1. The Kier molecular flexibility index (Phi) is 4.96. The van der Waals surface area contributed by atoms with Gasteiger partial charge in [0.15, 0.2) is 0 Å². The van der Waals surface area contributed by atoms with Crippen LogP contribution in [0.5, 0.6) is 0 Å². The number of nitrogens with zero attached hydrogens (tertiary/aromatic N) is 3. The number of aryl methyl sites for hydroxylation is 1. The van der Waals surface area contributed by atoms with Gasteiger partial charge < -0.3 is 5.32 Å². The summed E-state index contributed by atoms with van der Waals surface area (Å²) in [5.41, 5.74) is 6.28. The predicted octanol–water partition coefficient (Wildman–Crippen LogP) is 6.34. The molecule has 0 aliphatic carbocycles. The minimum Gasteiger partial charge on any atom is -0.324 e. The summed E-state index contributed by atoms with van der Waals surface area (Å²) in [5, 5.41) is 3.80. The second-order valence-electron chi connectivity index (χ2n) is 7.39. The van der Waals surface area contributed by atoms with Gasteiger partial charge in [-0.15, -0.1) is 0 Å². The molecule has 6 heteroatoms. The lowest BCUT2D eigenvalue weighted by Gasteiger charge is -2.13. The van der Waals surface area contributed by atoms with E-state index in [0.717, 1.165) is 28.1 Å². The lowest BCUT2D eigenvalue weighted by atomic mass is 9.95. The highest BCUT2D eigenvalue weighted by Crippen LogP contribution is 2.34. The van der Waals surface area contributed by atoms with Crippen molar-refractivity contribution in [3.8, 4) is 11.3 Å². The maximum Gasteiger partial charge on any atom is 0.227 e. The number of halogens is 2. The second kappa shape index (κ2) is 7.93. The van der Waals surface area contributed by atoms with E-state index in [0.29, 0.717) is 28.8 Å². The molecule has 1 aromatic heterocycles. The van der Waals surface area contributed by atoms with Crippen LogP contribution in [0.1, 0.15) is 22.3 Å². The van der Waals surface area contributed by atoms with Gasteiger partial charge in [-0.3, -0.25) is 4.99 Å². The van der Waals surface area contributed by atoms with Gasteiger partial charge in [0.2, 0.25) is 5.95 Å². The monoisotopic (exact) mass is 428 g/mol. The molecule has 1 aliphatic heterocycles. The number of aliphatic imine (C=N–C) groups is 1. The molecule has 0 radical (unpaired) electrons. The van der Waals surface area contributed by atoms with Gasteiger partial charge in [-0.25, -0.2) is 14.4 Å². The predicted molar refractivity (Wildman–Crippen MR) is 123 cm³/mol. The third-order valence-corrected chi connectivity index (χ3v) is 5.44. The Balaban J connectivity index is 1.62. The molecule has 0 saturated heterocycles. The van der Waals surface area contributed by atoms with Crippen LogP contribution in [0.15, 0.2) is 77.9 Å². The Hall–Kier alpha value is -3.57. The fourth-order valence-electron chi connectivity index (χ4n) is 3.63. The fraction of sp³-hybridized carbons (Fsp3) is 0.0800. The summed E-state index contributed by atoms with van der Waals surface area (Å²) >= 11 is 6.31. The zero-order valence-corrected chi connectivity index (χ0v) is 17.5. The van der Waals surface area contributed by atoms with E-state index in [-0.39, 0.29) is 5.82 Å². The summed E-state index contributed by atoms with van der Waals surface area (Å²) < 4.78 is 14.6. The highest BCUT2D eigenvalue weighted by Gasteiger charge is 2.23. The molecule has 0 amide bonds. The van der Waals surface area contributed by atoms with Crippen LogP contribution in [-0.4, -0.2) is 15.7 Å². The molecule has 1 N–H and O–H groups in total. The molecule has 4 aromatic rings. The van der Waals surface area contributed by atoms with E-state index in [1.807, 2.05) is 49.4 Å². The number of fused-ring (bicyclic) bond motifs is 3. The van der Waals surface area contributed by atoms with Crippen LogP contribution < -0.4 is 5.32 Å². The molecule has 0 atom stereocenters. The Morgan fingerprint density at radius 1 is 0.935 bits per heavy atom. The molecular formula is C25H18ClFN4. The molecule has 152 valence electrons. The van der Waals surface area contributed by atoms with E-state index in [2.05, 4.69) is 10.3 Å². The lowest BCUT2D eigenvalue weighted by molar-refractivity contribution is 0.625. The van der Waals surface area contributed by atoms with Crippen molar-refractivity contribution in [2.75, 3.05) is 5.32 Å². The normalized spacial score (nSPS) is 12.4. The molecule has 1 aliphatic rings. The van der Waals surface area contributed by atoms with Gasteiger partial charge in [0, 0.05) is 39.2 Å². The van der Waals surface area contributed by atoms with Crippen molar-refractivity contribution in [1.29, 1.82) is 0 Å². The summed E-state index contributed by atoms with van der Waals surface area (Å²) in [6, 6.07) is 20.2. The lowest BCUT2D eigenvalue weighted by Crippen LogP contribution is -2.07. The summed E-state index contributed by atoms with van der Waals surface area (Å²) in [5.74, 6) is 0.156. The number of rotatable bonds is 3. The molecule has 0 spiro atoms. The quantitative estimate of drug-likeness (QED) is 0.414. The van der Waals surface area contributed by atoms with Crippen LogP contribution in [0.3, 0.4) is 0 Å². The Labute approximate surface area is 184 Å². The van der Waals surface area contributed by atoms with Gasteiger partial charge in [-0.2, -0.15) is 0 Å².